The minimum Gasteiger partial charge on any atom is -0.478 e. The zero-order chi connectivity index (χ0) is 14.7. The summed E-state index contributed by atoms with van der Waals surface area (Å²) in [4.78, 5) is 34.4. The maximum Gasteiger partial charge on any atom is 0.336 e. The molecule has 5 nitrogen and oxygen atoms in total. The Hall–Kier alpha value is -2.17. The Morgan fingerprint density at radius 1 is 0.900 bits per heavy atom. The van der Waals surface area contributed by atoms with Crippen LogP contribution in [0, 0.1) is 5.92 Å². The lowest BCUT2D eigenvalue weighted by atomic mass is 9.83. The Morgan fingerprint density at radius 2 is 1.50 bits per heavy atom. The average molecular weight is 276 g/mol. The van der Waals surface area contributed by atoms with Crippen molar-refractivity contribution >= 4 is 17.7 Å². The molecule has 1 aliphatic rings. The zero-order valence-electron chi connectivity index (χ0n) is 11.0. The second kappa shape index (κ2) is 5.86. The van der Waals surface area contributed by atoms with E-state index in [1.165, 1.54) is 18.2 Å². The molecule has 2 rings (SSSR count). The van der Waals surface area contributed by atoms with Crippen LogP contribution in [-0.4, -0.2) is 27.9 Å². The van der Waals surface area contributed by atoms with E-state index in [0.29, 0.717) is 5.56 Å². The van der Waals surface area contributed by atoms with Crippen molar-refractivity contribution in [3.63, 3.8) is 0 Å². The summed E-state index contributed by atoms with van der Waals surface area (Å²) in [5.74, 6) is -2.79. The van der Waals surface area contributed by atoms with Gasteiger partial charge in [0, 0.05) is 11.5 Å². The lowest BCUT2D eigenvalue weighted by Gasteiger charge is -2.20. The van der Waals surface area contributed by atoms with Gasteiger partial charge in [-0.1, -0.05) is 25.3 Å². The lowest BCUT2D eigenvalue weighted by Crippen LogP contribution is -2.19. The first kappa shape index (κ1) is 14.2. The van der Waals surface area contributed by atoms with E-state index in [4.69, 9.17) is 10.2 Å². The van der Waals surface area contributed by atoms with Crippen LogP contribution < -0.4 is 0 Å². The molecule has 1 saturated carbocycles. The number of ketones is 1. The molecule has 0 amide bonds. The number of carbonyl (C=O) groups is 3. The van der Waals surface area contributed by atoms with Crippen molar-refractivity contribution in [3.8, 4) is 0 Å². The standard InChI is InChI=1S/C15H16O5/c16-13(9-4-2-1-3-5-9)10-6-7-11(14(17)18)12(8-10)15(19)20/h6-9H,1-5H2,(H,17,18)(H,19,20). The number of carboxylic acids is 2. The third-order valence-corrected chi connectivity index (χ3v) is 3.74. The zero-order valence-corrected chi connectivity index (χ0v) is 11.0. The molecule has 0 unspecified atom stereocenters. The van der Waals surface area contributed by atoms with E-state index in [1.807, 2.05) is 0 Å². The highest BCUT2D eigenvalue weighted by molar-refractivity contribution is 6.05. The van der Waals surface area contributed by atoms with Crippen LogP contribution >= 0.6 is 0 Å². The van der Waals surface area contributed by atoms with Crippen LogP contribution in [0.4, 0.5) is 0 Å². The van der Waals surface area contributed by atoms with Crippen molar-refractivity contribution in [1.82, 2.24) is 0 Å². The first-order valence-corrected chi connectivity index (χ1v) is 6.65. The monoisotopic (exact) mass is 276 g/mol. The first-order valence-electron chi connectivity index (χ1n) is 6.65. The SMILES string of the molecule is O=C(O)c1ccc(C(=O)C2CCCCC2)cc1C(=O)O. The van der Waals surface area contributed by atoms with Gasteiger partial charge in [0.15, 0.2) is 5.78 Å². The van der Waals surface area contributed by atoms with Crippen molar-refractivity contribution in [2.24, 2.45) is 5.92 Å². The highest BCUT2D eigenvalue weighted by atomic mass is 16.4. The molecular weight excluding hydrogens is 260 g/mol. The summed E-state index contributed by atoms with van der Waals surface area (Å²) in [5, 5.41) is 18.0. The highest BCUT2D eigenvalue weighted by Crippen LogP contribution is 2.27. The predicted octanol–water partition coefficient (Wildman–Crippen LogP) is 2.85. The molecule has 1 fully saturated rings. The number of benzene rings is 1. The number of carboxylic acid groups (broad SMARTS) is 2. The molecule has 5 heteroatoms. The van der Waals surface area contributed by atoms with Crippen molar-refractivity contribution in [2.45, 2.75) is 32.1 Å². The van der Waals surface area contributed by atoms with E-state index in [9.17, 15) is 14.4 Å². The molecule has 0 aliphatic heterocycles. The molecular formula is C15H16O5. The second-order valence-electron chi connectivity index (χ2n) is 5.07. The summed E-state index contributed by atoms with van der Waals surface area (Å²) in [6, 6.07) is 3.79. The Balaban J connectivity index is 2.33. The number of carbonyl (C=O) groups excluding carboxylic acids is 1. The van der Waals surface area contributed by atoms with Crippen LogP contribution in [0.1, 0.15) is 63.2 Å². The van der Waals surface area contributed by atoms with Gasteiger partial charge in [-0.15, -0.1) is 0 Å². The molecule has 1 aromatic carbocycles. The van der Waals surface area contributed by atoms with Gasteiger partial charge in [0.05, 0.1) is 11.1 Å². The minimum atomic E-state index is -1.33. The Morgan fingerprint density at radius 3 is 2.05 bits per heavy atom. The molecule has 20 heavy (non-hydrogen) atoms. The van der Waals surface area contributed by atoms with Crippen LogP contribution in [0.2, 0.25) is 0 Å². The van der Waals surface area contributed by atoms with Crippen LogP contribution in [0.5, 0.6) is 0 Å². The van der Waals surface area contributed by atoms with Crippen molar-refractivity contribution in [1.29, 1.82) is 0 Å². The molecule has 0 saturated heterocycles. The molecule has 1 aromatic rings. The van der Waals surface area contributed by atoms with Crippen LogP contribution in [0.25, 0.3) is 0 Å². The van der Waals surface area contributed by atoms with Gasteiger partial charge in [0.2, 0.25) is 0 Å². The lowest BCUT2D eigenvalue weighted by molar-refractivity contribution is 0.0651. The number of hydrogen-bond donors (Lipinski definition) is 2. The molecule has 0 aromatic heterocycles. The fourth-order valence-corrected chi connectivity index (χ4v) is 2.66. The normalized spacial score (nSPS) is 15.8. The van der Waals surface area contributed by atoms with Gasteiger partial charge >= 0.3 is 11.9 Å². The van der Waals surface area contributed by atoms with Crippen LogP contribution in [-0.2, 0) is 0 Å². The van der Waals surface area contributed by atoms with E-state index in [1.54, 1.807) is 0 Å². The van der Waals surface area contributed by atoms with Gasteiger partial charge in [-0.05, 0) is 25.0 Å². The van der Waals surface area contributed by atoms with Gasteiger partial charge in [0.1, 0.15) is 0 Å². The summed E-state index contributed by atoms with van der Waals surface area (Å²) in [7, 11) is 0. The number of rotatable bonds is 4. The van der Waals surface area contributed by atoms with E-state index < -0.39 is 11.9 Å². The maximum absolute atomic E-state index is 12.3. The topological polar surface area (TPSA) is 91.7 Å². The minimum absolute atomic E-state index is 0.0685. The molecule has 0 atom stereocenters. The van der Waals surface area contributed by atoms with Gasteiger partial charge in [-0.2, -0.15) is 0 Å². The van der Waals surface area contributed by atoms with Gasteiger partial charge in [0.25, 0.3) is 0 Å². The second-order valence-corrected chi connectivity index (χ2v) is 5.07. The largest absolute Gasteiger partial charge is 0.478 e. The fraction of sp³-hybridized carbons (Fsp3) is 0.400. The van der Waals surface area contributed by atoms with E-state index in [2.05, 4.69) is 0 Å². The molecule has 106 valence electrons. The first-order chi connectivity index (χ1) is 9.50. The molecule has 0 radical (unpaired) electrons. The highest BCUT2D eigenvalue weighted by Gasteiger charge is 2.24. The number of hydrogen-bond acceptors (Lipinski definition) is 3. The smallest absolute Gasteiger partial charge is 0.336 e. The quantitative estimate of drug-likeness (QED) is 0.825. The Bertz CT molecular complexity index is 555. The Kier molecular flexibility index (Phi) is 4.17. The summed E-state index contributed by atoms with van der Waals surface area (Å²) >= 11 is 0. The number of aromatic carboxylic acids is 2. The summed E-state index contributed by atoms with van der Waals surface area (Å²) in [6.45, 7) is 0. The van der Waals surface area contributed by atoms with E-state index >= 15 is 0 Å². The molecule has 0 heterocycles. The maximum atomic E-state index is 12.3. The van der Waals surface area contributed by atoms with E-state index in [0.717, 1.165) is 32.1 Å². The van der Waals surface area contributed by atoms with Gasteiger partial charge in [-0.25, -0.2) is 9.59 Å². The molecule has 0 bridgehead atoms. The summed E-state index contributed by atoms with van der Waals surface area (Å²) < 4.78 is 0. The van der Waals surface area contributed by atoms with Crippen molar-refractivity contribution in [3.05, 3.63) is 34.9 Å². The fourth-order valence-electron chi connectivity index (χ4n) is 2.66. The average Bonchev–Trinajstić information content (AvgIpc) is 2.46. The molecule has 2 N–H and O–H groups in total. The Labute approximate surface area is 116 Å². The number of Topliss-reactive ketones (excluding diaryl/α,β-unsaturated/α-hetero) is 1. The van der Waals surface area contributed by atoms with Crippen LogP contribution in [0.15, 0.2) is 18.2 Å². The summed E-state index contributed by atoms with van der Waals surface area (Å²) in [6.07, 6.45) is 4.79. The van der Waals surface area contributed by atoms with Crippen LogP contribution in [0.3, 0.4) is 0 Å². The molecule has 0 spiro atoms. The van der Waals surface area contributed by atoms with Gasteiger partial charge in [-0.3, -0.25) is 4.79 Å². The van der Waals surface area contributed by atoms with Crippen molar-refractivity contribution < 1.29 is 24.6 Å². The summed E-state index contributed by atoms with van der Waals surface area (Å²) in [5.41, 5.74) is -0.337. The van der Waals surface area contributed by atoms with Gasteiger partial charge < -0.3 is 10.2 Å². The third-order valence-electron chi connectivity index (χ3n) is 3.74. The van der Waals surface area contributed by atoms with Crippen molar-refractivity contribution in [2.75, 3.05) is 0 Å². The molecule has 1 aliphatic carbocycles. The third kappa shape index (κ3) is 2.87. The van der Waals surface area contributed by atoms with E-state index in [-0.39, 0.29) is 22.8 Å². The predicted molar refractivity (Wildman–Crippen MR) is 71.3 cm³/mol.